The molecule has 132 valence electrons. The van der Waals surface area contributed by atoms with Crippen LogP contribution in [0.4, 0.5) is 0 Å². The van der Waals surface area contributed by atoms with Crippen molar-refractivity contribution in [2.75, 3.05) is 13.2 Å². The Labute approximate surface area is 153 Å². The third kappa shape index (κ3) is 5.38. The van der Waals surface area contributed by atoms with Crippen LogP contribution in [-0.4, -0.2) is 25.3 Å². The molecule has 4 heteroatoms. The predicted molar refractivity (Wildman–Crippen MR) is 99.5 cm³/mol. The van der Waals surface area contributed by atoms with Crippen LogP contribution in [0.1, 0.15) is 10.4 Å². The van der Waals surface area contributed by atoms with Gasteiger partial charge in [0.1, 0.15) is 24.7 Å². The van der Waals surface area contributed by atoms with E-state index in [-0.39, 0.29) is 19.2 Å². The lowest BCUT2D eigenvalue weighted by Gasteiger charge is -2.19. The van der Waals surface area contributed by atoms with Crippen molar-refractivity contribution in [3.05, 3.63) is 96.6 Å². The van der Waals surface area contributed by atoms with E-state index >= 15 is 0 Å². The van der Waals surface area contributed by atoms with Gasteiger partial charge < -0.3 is 14.2 Å². The van der Waals surface area contributed by atoms with Crippen LogP contribution >= 0.6 is 0 Å². The number of para-hydroxylation sites is 2. The minimum absolute atomic E-state index is 0.0927. The highest BCUT2D eigenvalue weighted by Crippen LogP contribution is 2.14. The molecule has 0 N–H and O–H groups in total. The van der Waals surface area contributed by atoms with Crippen molar-refractivity contribution >= 4 is 5.97 Å². The van der Waals surface area contributed by atoms with E-state index in [1.54, 1.807) is 24.3 Å². The summed E-state index contributed by atoms with van der Waals surface area (Å²) in [4.78, 5) is 12.2. The molecular formula is C22H20O4. The van der Waals surface area contributed by atoms with Gasteiger partial charge in [-0.25, -0.2) is 4.79 Å². The summed E-state index contributed by atoms with van der Waals surface area (Å²) in [7, 11) is 0. The quantitative estimate of drug-likeness (QED) is 0.567. The van der Waals surface area contributed by atoms with Gasteiger partial charge in [0.2, 0.25) is 0 Å². The van der Waals surface area contributed by atoms with E-state index in [9.17, 15) is 4.79 Å². The molecule has 0 saturated heterocycles. The summed E-state index contributed by atoms with van der Waals surface area (Å²) in [5, 5.41) is 0. The monoisotopic (exact) mass is 348 g/mol. The van der Waals surface area contributed by atoms with Gasteiger partial charge in [-0.2, -0.15) is 0 Å². The highest BCUT2D eigenvalue weighted by molar-refractivity contribution is 5.89. The summed E-state index contributed by atoms with van der Waals surface area (Å²) in [6, 6.07) is 27.8. The van der Waals surface area contributed by atoms with Crippen LogP contribution in [0.2, 0.25) is 0 Å². The van der Waals surface area contributed by atoms with Crippen molar-refractivity contribution in [3.8, 4) is 11.5 Å². The highest BCUT2D eigenvalue weighted by atomic mass is 16.6. The third-order valence-corrected chi connectivity index (χ3v) is 3.63. The van der Waals surface area contributed by atoms with Crippen molar-refractivity contribution in [3.63, 3.8) is 0 Å². The summed E-state index contributed by atoms with van der Waals surface area (Å²) >= 11 is 0. The minimum atomic E-state index is -0.426. The number of esters is 1. The van der Waals surface area contributed by atoms with Gasteiger partial charge in [0, 0.05) is 0 Å². The van der Waals surface area contributed by atoms with Crippen LogP contribution in [-0.2, 0) is 4.74 Å². The maximum atomic E-state index is 12.2. The number of benzene rings is 3. The molecule has 0 radical (unpaired) electrons. The molecule has 0 fully saturated rings. The fraction of sp³-hybridized carbons (Fsp3) is 0.136. The van der Waals surface area contributed by atoms with Crippen LogP contribution in [0.15, 0.2) is 91.0 Å². The molecular weight excluding hydrogens is 328 g/mol. The fourth-order valence-corrected chi connectivity index (χ4v) is 2.34. The molecule has 0 spiro atoms. The van der Waals surface area contributed by atoms with Gasteiger partial charge in [0.05, 0.1) is 5.56 Å². The average molecular weight is 348 g/mol. The van der Waals surface area contributed by atoms with E-state index in [0.29, 0.717) is 11.3 Å². The lowest BCUT2D eigenvalue weighted by Crippen LogP contribution is -2.31. The Morgan fingerprint density at radius 2 is 1.23 bits per heavy atom. The summed E-state index contributed by atoms with van der Waals surface area (Å²) in [5.74, 6) is 1.06. The molecule has 0 amide bonds. The van der Waals surface area contributed by atoms with Crippen molar-refractivity contribution in [2.24, 2.45) is 0 Å². The zero-order valence-electron chi connectivity index (χ0n) is 14.3. The van der Waals surface area contributed by atoms with E-state index in [1.165, 1.54) is 0 Å². The Kier molecular flexibility index (Phi) is 6.26. The van der Waals surface area contributed by atoms with Crippen molar-refractivity contribution < 1.29 is 19.0 Å². The molecule has 0 aliphatic carbocycles. The first kappa shape index (κ1) is 17.5. The molecule has 0 aliphatic heterocycles. The van der Waals surface area contributed by atoms with Crippen LogP contribution in [0.5, 0.6) is 11.5 Å². The average Bonchev–Trinajstić information content (AvgIpc) is 2.72. The fourth-order valence-electron chi connectivity index (χ4n) is 2.34. The van der Waals surface area contributed by atoms with Crippen LogP contribution < -0.4 is 9.47 Å². The van der Waals surface area contributed by atoms with E-state index in [1.807, 2.05) is 66.7 Å². The van der Waals surface area contributed by atoms with Gasteiger partial charge >= 0.3 is 5.97 Å². The first-order valence-electron chi connectivity index (χ1n) is 8.43. The van der Waals surface area contributed by atoms with Gasteiger partial charge in [-0.3, -0.25) is 0 Å². The van der Waals surface area contributed by atoms with Crippen LogP contribution in [0.25, 0.3) is 0 Å². The summed E-state index contributed by atoms with van der Waals surface area (Å²) in [6.07, 6.45) is -0.426. The van der Waals surface area contributed by atoms with Crippen molar-refractivity contribution in [2.45, 2.75) is 6.10 Å². The number of hydrogen-bond donors (Lipinski definition) is 0. The molecule has 0 saturated carbocycles. The molecule has 3 aromatic carbocycles. The molecule has 3 aromatic rings. The maximum Gasteiger partial charge on any atom is 0.338 e. The maximum absolute atomic E-state index is 12.2. The summed E-state index contributed by atoms with van der Waals surface area (Å²) in [5.41, 5.74) is 0.509. The smallest absolute Gasteiger partial charge is 0.338 e. The van der Waals surface area contributed by atoms with Crippen molar-refractivity contribution in [1.82, 2.24) is 0 Å². The SMILES string of the molecule is O=C(OCC(COc1ccccc1)Oc1ccccc1)c1ccccc1. The topological polar surface area (TPSA) is 44.8 Å². The second-order valence-electron chi connectivity index (χ2n) is 5.64. The molecule has 0 heterocycles. The first-order chi connectivity index (χ1) is 12.8. The van der Waals surface area contributed by atoms with Gasteiger partial charge in [0.15, 0.2) is 6.10 Å². The number of carbonyl (C=O) groups excluding carboxylic acids is 1. The molecule has 0 aliphatic rings. The third-order valence-electron chi connectivity index (χ3n) is 3.63. The number of ether oxygens (including phenoxy) is 3. The van der Waals surface area contributed by atoms with Crippen LogP contribution in [0.3, 0.4) is 0 Å². The first-order valence-corrected chi connectivity index (χ1v) is 8.43. The zero-order valence-corrected chi connectivity index (χ0v) is 14.3. The van der Waals surface area contributed by atoms with Crippen LogP contribution in [0, 0.1) is 0 Å². The highest BCUT2D eigenvalue weighted by Gasteiger charge is 2.16. The Morgan fingerprint density at radius 1 is 0.692 bits per heavy atom. The van der Waals surface area contributed by atoms with Gasteiger partial charge in [-0.15, -0.1) is 0 Å². The number of carbonyl (C=O) groups is 1. The Balaban J connectivity index is 1.61. The van der Waals surface area contributed by atoms with Gasteiger partial charge in [0.25, 0.3) is 0 Å². The van der Waals surface area contributed by atoms with Gasteiger partial charge in [-0.05, 0) is 36.4 Å². The summed E-state index contributed by atoms with van der Waals surface area (Å²) < 4.78 is 17.1. The zero-order chi connectivity index (χ0) is 18.0. The van der Waals surface area contributed by atoms with E-state index in [4.69, 9.17) is 14.2 Å². The summed E-state index contributed by atoms with van der Waals surface area (Å²) in [6.45, 7) is 0.358. The molecule has 4 nitrogen and oxygen atoms in total. The second kappa shape index (κ2) is 9.28. The van der Waals surface area contributed by atoms with E-state index < -0.39 is 6.10 Å². The lowest BCUT2D eigenvalue weighted by molar-refractivity contribution is 0.0210. The van der Waals surface area contributed by atoms with Gasteiger partial charge in [-0.1, -0.05) is 54.6 Å². The molecule has 0 aromatic heterocycles. The van der Waals surface area contributed by atoms with E-state index in [2.05, 4.69) is 0 Å². The minimum Gasteiger partial charge on any atom is -0.490 e. The lowest BCUT2D eigenvalue weighted by atomic mass is 10.2. The molecule has 26 heavy (non-hydrogen) atoms. The Morgan fingerprint density at radius 3 is 1.85 bits per heavy atom. The molecule has 1 unspecified atom stereocenters. The molecule has 0 bridgehead atoms. The Bertz CT molecular complexity index is 788. The number of rotatable bonds is 8. The normalized spacial score (nSPS) is 11.4. The molecule has 1 atom stereocenters. The predicted octanol–water partition coefficient (Wildman–Crippen LogP) is 4.37. The largest absolute Gasteiger partial charge is 0.490 e. The van der Waals surface area contributed by atoms with Crippen molar-refractivity contribution in [1.29, 1.82) is 0 Å². The standard InChI is InChI=1S/C22H20O4/c23-22(18-10-4-1-5-11-18)25-17-21(26-20-14-8-3-9-15-20)16-24-19-12-6-2-7-13-19/h1-15,21H,16-17H2. The Hall–Kier alpha value is -3.27. The molecule has 3 rings (SSSR count). The van der Waals surface area contributed by atoms with E-state index in [0.717, 1.165) is 5.75 Å². The number of hydrogen-bond acceptors (Lipinski definition) is 4. The second-order valence-corrected chi connectivity index (χ2v) is 5.64.